The van der Waals surface area contributed by atoms with E-state index in [9.17, 15) is 10.2 Å². The van der Waals surface area contributed by atoms with Crippen molar-refractivity contribution in [1.82, 2.24) is 19.5 Å². The van der Waals surface area contributed by atoms with Gasteiger partial charge in [0.1, 0.15) is 11.5 Å². The van der Waals surface area contributed by atoms with Gasteiger partial charge in [-0.3, -0.25) is 4.98 Å². The maximum atomic E-state index is 12.1. The summed E-state index contributed by atoms with van der Waals surface area (Å²) in [5, 5.41) is 22.7. The van der Waals surface area contributed by atoms with E-state index in [2.05, 4.69) is 53.9 Å². The second kappa shape index (κ2) is 11.4. The van der Waals surface area contributed by atoms with Crippen molar-refractivity contribution >= 4 is 33.7 Å². The molecule has 3 aromatic rings. The molecule has 2 aromatic heterocycles. The zero-order valence-corrected chi connectivity index (χ0v) is 26.5. The summed E-state index contributed by atoms with van der Waals surface area (Å²) >= 11 is 0. The molecule has 1 saturated carbocycles. The van der Waals surface area contributed by atoms with Crippen LogP contribution >= 0.6 is 0 Å². The van der Waals surface area contributed by atoms with Crippen molar-refractivity contribution in [3.05, 3.63) is 48.4 Å². The van der Waals surface area contributed by atoms with Crippen LogP contribution in [0.5, 0.6) is 0 Å². The molecule has 1 radical (unpaired) electrons. The summed E-state index contributed by atoms with van der Waals surface area (Å²) in [4.78, 5) is 12.6. The van der Waals surface area contributed by atoms with Gasteiger partial charge in [0.05, 0.1) is 32.2 Å². The van der Waals surface area contributed by atoms with Crippen LogP contribution in [0.2, 0.25) is 38.3 Å². The number of fused-ring (bicyclic) bond motifs is 1. The number of ether oxygens (including phenoxy) is 1. The first-order valence-electron chi connectivity index (χ1n) is 12.0. The molecule has 1 fully saturated rings. The van der Waals surface area contributed by atoms with Gasteiger partial charge in [-0.05, 0) is 56.5 Å². The Morgan fingerprint density at radius 2 is 1.89 bits per heavy atom. The summed E-state index contributed by atoms with van der Waals surface area (Å²) in [5.74, 6) is -0.249. The molecular formula is C24H36N5O4Si2Y-. The van der Waals surface area contributed by atoms with Crippen LogP contribution in [0.4, 0.5) is 5.95 Å². The van der Waals surface area contributed by atoms with Gasteiger partial charge in [-0.15, -0.1) is 0 Å². The van der Waals surface area contributed by atoms with Gasteiger partial charge in [0.15, 0.2) is 16.6 Å². The molecule has 1 aromatic carbocycles. The van der Waals surface area contributed by atoms with Crippen molar-refractivity contribution in [1.29, 1.82) is 0 Å². The van der Waals surface area contributed by atoms with Crippen LogP contribution in [-0.4, -0.2) is 65.2 Å². The van der Waals surface area contributed by atoms with Gasteiger partial charge >= 0.3 is 0 Å². The van der Waals surface area contributed by atoms with Gasteiger partial charge in [0.2, 0.25) is 0 Å². The van der Waals surface area contributed by atoms with E-state index < -0.39 is 34.9 Å². The predicted molar refractivity (Wildman–Crippen MR) is 140 cm³/mol. The van der Waals surface area contributed by atoms with Crippen molar-refractivity contribution in [2.45, 2.75) is 62.9 Å². The first-order chi connectivity index (χ1) is 16.4. The van der Waals surface area contributed by atoms with E-state index in [1.54, 1.807) is 6.33 Å². The van der Waals surface area contributed by atoms with Gasteiger partial charge in [-0.1, -0.05) is 30.3 Å². The number of imidazole rings is 1. The summed E-state index contributed by atoms with van der Waals surface area (Å²) in [7, 11) is -4.18. The fourth-order valence-electron chi connectivity index (χ4n) is 5.57. The van der Waals surface area contributed by atoms with Crippen molar-refractivity contribution in [3.63, 3.8) is 0 Å². The topological polar surface area (TPSA) is 129 Å². The van der Waals surface area contributed by atoms with E-state index >= 15 is 0 Å². The number of nitrogens with two attached hydrogens (primary N) is 1. The van der Waals surface area contributed by atoms with E-state index in [1.165, 1.54) is 0 Å². The number of aliphatic hydroxyl groups is 2. The Balaban J connectivity index is 0.00000361. The molecule has 0 unspecified atom stereocenters. The number of anilines is 1. The smallest absolute Gasteiger partial charge is 0.177 e. The minimum Gasteiger partial charge on any atom is -0.455 e. The van der Waals surface area contributed by atoms with Gasteiger partial charge in [0.25, 0.3) is 0 Å². The average Bonchev–Trinajstić information content (AvgIpc) is 3.32. The Morgan fingerprint density at radius 1 is 1.19 bits per heavy atom. The normalized spacial score (nSPS) is 24.7. The number of benzene rings is 1. The van der Waals surface area contributed by atoms with E-state index in [-0.39, 0.29) is 50.1 Å². The van der Waals surface area contributed by atoms with Crippen LogP contribution in [0, 0.1) is 12.1 Å². The Bertz CT molecular complexity index is 1160. The molecule has 0 spiro atoms. The van der Waals surface area contributed by atoms with Crippen molar-refractivity contribution in [2.24, 2.45) is 5.92 Å². The zero-order valence-electron chi connectivity index (χ0n) is 21.7. The average molecular weight is 604 g/mol. The summed E-state index contributed by atoms with van der Waals surface area (Å²) < 4.78 is 14.7. The standard InChI is InChI=1S/C24H36N5O4Si2.Y/c1-34(2,3)33-35(4,5)20-11-21(29-16-27-19-12-26-23(25)28-22(19)29)24(31,15-30)18(20)14-32-13-17-9-7-6-8-10-17;/h6-10,16,18,20-21,30-31H,11,13-15H2,1-5H3,(H2,25,26,28);/q-1;/t18-,20+,21+,24+;/m1./s1. The van der Waals surface area contributed by atoms with Gasteiger partial charge in [-0.25, -0.2) is 0 Å². The van der Waals surface area contributed by atoms with E-state index in [0.29, 0.717) is 30.8 Å². The molecule has 36 heavy (non-hydrogen) atoms. The van der Waals surface area contributed by atoms with E-state index in [4.69, 9.17) is 14.6 Å². The number of aliphatic hydroxyl groups excluding tert-OH is 1. The SMILES string of the molecule is C[Si](C)(C)O[Si](C)(C)[C@H]1C[C@H](n2cnc3[c-]nc(N)nc32)[C@](O)(CO)[C@@H]1COCc1ccccc1.[Y]. The third-order valence-electron chi connectivity index (χ3n) is 6.91. The minimum absolute atomic E-state index is 0. The molecule has 4 rings (SSSR count). The fraction of sp³-hybridized carbons (Fsp3) is 0.542. The number of hydrogen-bond donors (Lipinski definition) is 3. The summed E-state index contributed by atoms with van der Waals surface area (Å²) in [5.41, 5.74) is 6.43. The molecule has 12 heteroatoms. The molecule has 193 valence electrons. The number of hydrogen-bond acceptors (Lipinski definition) is 8. The van der Waals surface area contributed by atoms with Crippen LogP contribution in [0.1, 0.15) is 18.0 Å². The second-order valence-corrected chi connectivity index (χ2v) is 19.9. The van der Waals surface area contributed by atoms with Crippen molar-refractivity contribution in [2.75, 3.05) is 18.9 Å². The number of nitrogens with zero attached hydrogens (tertiary/aromatic N) is 4. The van der Waals surface area contributed by atoms with Crippen LogP contribution in [-0.2, 0) is 48.2 Å². The van der Waals surface area contributed by atoms with Crippen LogP contribution < -0.4 is 5.73 Å². The van der Waals surface area contributed by atoms with Crippen LogP contribution in [0.25, 0.3) is 11.2 Å². The molecule has 0 aliphatic heterocycles. The Morgan fingerprint density at radius 3 is 2.53 bits per heavy atom. The van der Waals surface area contributed by atoms with E-state index in [0.717, 1.165) is 5.56 Å². The van der Waals surface area contributed by atoms with Gasteiger partial charge < -0.3 is 39.3 Å². The fourth-order valence-corrected chi connectivity index (χ4v) is 14.6. The molecule has 1 aliphatic rings. The number of rotatable bonds is 9. The molecule has 4 atom stereocenters. The Hall–Kier alpha value is -1.05. The molecule has 2 heterocycles. The van der Waals surface area contributed by atoms with Crippen LogP contribution in [0.15, 0.2) is 36.7 Å². The molecule has 0 saturated heterocycles. The third-order valence-corrected chi connectivity index (χ3v) is 13.9. The second-order valence-electron chi connectivity index (χ2n) is 11.0. The maximum absolute atomic E-state index is 12.1. The maximum Gasteiger partial charge on any atom is 0.177 e. The molecule has 1 aliphatic carbocycles. The third kappa shape index (κ3) is 6.15. The Labute approximate surface area is 240 Å². The summed E-state index contributed by atoms with van der Waals surface area (Å²) in [6.45, 7) is 11.3. The van der Waals surface area contributed by atoms with Crippen LogP contribution in [0.3, 0.4) is 0 Å². The van der Waals surface area contributed by atoms with Gasteiger partial charge in [-0.2, -0.15) is 0 Å². The molecule has 0 bridgehead atoms. The summed E-state index contributed by atoms with van der Waals surface area (Å²) in [6, 6.07) is 9.47. The molecular weight excluding hydrogens is 567 g/mol. The number of aromatic nitrogens is 4. The molecule has 9 nitrogen and oxygen atoms in total. The van der Waals surface area contributed by atoms with Crippen molar-refractivity contribution in [3.8, 4) is 0 Å². The van der Waals surface area contributed by atoms with Gasteiger partial charge in [0, 0.05) is 49.8 Å². The summed E-state index contributed by atoms with van der Waals surface area (Å²) in [6.07, 6.45) is 5.03. The largest absolute Gasteiger partial charge is 0.455 e. The first-order valence-corrected chi connectivity index (χ1v) is 18.4. The quantitative estimate of drug-likeness (QED) is 0.252. The molecule has 0 amide bonds. The number of nitrogen functional groups attached to an aromatic ring is 1. The zero-order chi connectivity index (χ0) is 25.4. The first kappa shape index (κ1) is 29.5. The monoisotopic (exact) mass is 603 g/mol. The molecule has 4 N–H and O–H groups in total. The minimum atomic E-state index is -2.32. The van der Waals surface area contributed by atoms with E-state index in [1.807, 2.05) is 34.9 Å². The predicted octanol–water partition coefficient (Wildman–Crippen LogP) is 3.13. The Kier molecular flexibility index (Phi) is 9.31. The van der Waals surface area contributed by atoms with Crippen molar-refractivity contribution < 1.29 is 51.8 Å².